The second-order valence-electron chi connectivity index (χ2n) is 4.42. The van der Waals surface area contributed by atoms with Crippen molar-refractivity contribution in [3.05, 3.63) is 48.4 Å². The molecule has 0 aliphatic heterocycles. The number of hydrogen-bond acceptors (Lipinski definition) is 4. The molecule has 0 fully saturated rings. The zero-order chi connectivity index (χ0) is 13.9. The van der Waals surface area contributed by atoms with Crippen molar-refractivity contribution in [2.75, 3.05) is 13.7 Å². The van der Waals surface area contributed by atoms with Crippen LogP contribution in [0.4, 0.5) is 0 Å². The first-order valence-electron chi connectivity index (χ1n) is 6.51. The zero-order valence-corrected chi connectivity index (χ0v) is 11.3. The van der Waals surface area contributed by atoms with Gasteiger partial charge in [-0.2, -0.15) is 0 Å². The van der Waals surface area contributed by atoms with E-state index in [1.54, 1.807) is 13.3 Å². The summed E-state index contributed by atoms with van der Waals surface area (Å²) in [6.45, 7) is 0.540. The summed E-state index contributed by atoms with van der Waals surface area (Å²) >= 11 is 0. The average molecular weight is 268 g/mol. The topological polar surface area (TPSA) is 66.0 Å². The molecule has 0 aliphatic carbocycles. The van der Waals surface area contributed by atoms with Crippen LogP contribution in [0.3, 0.4) is 0 Å². The average Bonchev–Trinajstić information content (AvgIpc) is 2.85. The Labute approximate surface area is 117 Å². The van der Waals surface area contributed by atoms with E-state index in [9.17, 15) is 0 Å². The number of imidazole rings is 1. The van der Waals surface area contributed by atoms with Crippen LogP contribution in [-0.2, 0) is 6.42 Å². The molecule has 20 heavy (non-hydrogen) atoms. The Kier molecular flexibility index (Phi) is 3.35. The smallest absolute Gasteiger partial charge is 0.164 e. The van der Waals surface area contributed by atoms with Crippen molar-refractivity contribution < 1.29 is 4.74 Å². The first kappa shape index (κ1) is 12.6. The van der Waals surface area contributed by atoms with Gasteiger partial charge in [0.2, 0.25) is 0 Å². The molecule has 3 aromatic rings. The van der Waals surface area contributed by atoms with Gasteiger partial charge >= 0.3 is 0 Å². The highest BCUT2D eigenvalue weighted by molar-refractivity contribution is 5.74. The van der Waals surface area contributed by atoms with E-state index in [0.29, 0.717) is 13.0 Å². The van der Waals surface area contributed by atoms with Crippen molar-refractivity contribution in [2.45, 2.75) is 6.42 Å². The number of nitrogens with zero attached hydrogens (tertiary/aromatic N) is 3. The lowest BCUT2D eigenvalue weighted by Crippen LogP contribution is -2.10. The molecule has 2 N–H and O–H groups in total. The number of pyridine rings is 1. The Morgan fingerprint density at radius 1 is 1.20 bits per heavy atom. The van der Waals surface area contributed by atoms with E-state index in [1.807, 2.05) is 41.0 Å². The monoisotopic (exact) mass is 268 g/mol. The molecule has 3 rings (SSSR count). The minimum absolute atomic E-state index is 0.540. The van der Waals surface area contributed by atoms with Crippen LogP contribution in [-0.4, -0.2) is 28.2 Å². The summed E-state index contributed by atoms with van der Waals surface area (Å²) in [5.74, 6) is 1.68. The molecule has 1 aromatic carbocycles. The number of aromatic nitrogens is 3. The maximum atomic E-state index is 5.69. The molecule has 0 aliphatic rings. The van der Waals surface area contributed by atoms with Crippen molar-refractivity contribution in [1.82, 2.24) is 14.5 Å². The molecule has 0 amide bonds. The molecule has 2 heterocycles. The van der Waals surface area contributed by atoms with Crippen LogP contribution in [0.1, 0.15) is 5.82 Å². The normalized spacial score (nSPS) is 10.9. The van der Waals surface area contributed by atoms with Gasteiger partial charge in [-0.25, -0.2) is 9.97 Å². The molecule has 5 heteroatoms. The van der Waals surface area contributed by atoms with Gasteiger partial charge in [0.25, 0.3) is 0 Å². The van der Waals surface area contributed by atoms with Crippen LogP contribution >= 0.6 is 0 Å². The second kappa shape index (κ2) is 5.30. The lowest BCUT2D eigenvalue weighted by atomic mass is 10.2. The van der Waals surface area contributed by atoms with Crippen LogP contribution in [0.2, 0.25) is 0 Å². The fourth-order valence-corrected chi connectivity index (χ4v) is 2.32. The molecule has 0 bridgehead atoms. The molecule has 102 valence electrons. The minimum atomic E-state index is 0.540. The van der Waals surface area contributed by atoms with Gasteiger partial charge in [-0.1, -0.05) is 12.1 Å². The van der Waals surface area contributed by atoms with Gasteiger partial charge in [0.1, 0.15) is 17.1 Å². The Hall–Kier alpha value is -2.40. The predicted octanol–water partition coefficient (Wildman–Crippen LogP) is 1.93. The maximum absolute atomic E-state index is 5.69. The number of ether oxygens (including phenoxy) is 1. The fraction of sp³-hybridized carbons (Fsp3) is 0.200. The molecular weight excluding hydrogens is 252 g/mol. The molecule has 5 nitrogen and oxygen atoms in total. The third kappa shape index (κ3) is 2.02. The summed E-state index contributed by atoms with van der Waals surface area (Å²) in [5, 5.41) is 0. The highest BCUT2D eigenvalue weighted by Crippen LogP contribution is 2.27. The summed E-state index contributed by atoms with van der Waals surface area (Å²) < 4.78 is 7.46. The second-order valence-corrected chi connectivity index (χ2v) is 4.42. The largest absolute Gasteiger partial charge is 0.495 e. The standard InChI is InChI=1S/C15H16N4O/c1-20-13-7-3-2-6-12(13)19-14(8-9-16)18-11-5-4-10-17-15(11)19/h2-7,10H,8-9,16H2,1H3. The van der Waals surface area contributed by atoms with Gasteiger partial charge in [0.15, 0.2) is 5.65 Å². The Morgan fingerprint density at radius 3 is 2.85 bits per heavy atom. The summed E-state index contributed by atoms with van der Waals surface area (Å²) in [5.41, 5.74) is 8.31. The number of rotatable bonds is 4. The molecule has 0 atom stereocenters. The number of para-hydroxylation sites is 2. The molecule has 0 unspecified atom stereocenters. The third-order valence-electron chi connectivity index (χ3n) is 3.18. The third-order valence-corrected chi connectivity index (χ3v) is 3.18. The van der Waals surface area contributed by atoms with E-state index in [0.717, 1.165) is 28.4 Å². The molecule has 0 radical (unpaired) electrons. The SMILES string of the molecule is COc1ccccc1-n1c(CCN)nc2cccnc21. The van der Waals surface area contributed by atoms with E-state index in [-0.39, 0.29) is 0 Å². The van der Waals surface area contributed by atoms with Crippen molar-refractivity contribution in [3.8, 4) is 11.4 Å². The van der Waals surface area contributed by atoms with Gasteiger partial charge < -0.3 is 10.5 Å². The summed E-state index contributed by atoms with van der Waals surface area (Å²) in [4.78, 5) is 9.06. The van der Waals surface area contributed by atoms with Crippen LogP contribution in [0.15, 0.2) is 42.6 Å². The number of methoxy groups -OCH3 is 1. The first-order chi connectivity index (χ1) is 9.85. The van der Waals surface area contributed by atoms with E-state index in [2.05, 4.69) is 9.97 Å². The van der Waals surface area contributed by atoms with E-state index < -0.39 is 0 Å². The quantitative estimate of drug-likeness (QED) is 0.785. The number of nitrogens with two attached hydrogens (primary N) is 1. The van der Waals surface area contributed by atoms with Gasteiger partial charge in [0, 0.05) is 12.6 Å². The molecule has 0 saturated heterocycles. The highest BCUT2D eigenvalue weighted by atomic mass is 16.5. The fourth-order valence-electron chi connectivity index (χ4n) is 2.32. The van der Waals surface area contributed by atoms with E-state index in [4.69, 9.17) is 10.5 Å². The minimum Gasteiger partial charge on any atom is -0.495 e. The number of fused-ring (bicyclic) bond motifs is 1. The summed E-state index contributed by atoms with van der Waals surface area (Å²) in [6.07, 6.45) is 2.45. The lowest BCUT2D eigenvalue weighted by molar-refractivity contribution is 0.412. The van der Waals surface area contributed by atoms with Gasteiger partial charge in [-0.15, -0.1) is 0 Å². The molecule has 0 spiro atoms. The Balaban J connectivity index is 2.30. The molecule has 0 saturated carbocycles. The maximum Gasteiger partial charge on any atom is 0.164 e. The van der Waals surface area contributed by atoms with Gasteiger partial charge in [-0.05, 0) is 30.8 Å². The van der Waals surface area contributed by atoms with Crippen molar-refractivity contribution in [3.63, 3.8) is 0 Å². The van der Waals surface area contributed by atoms with Crippen LogP contribution in [0.5, 0.6) is 5.75 Å². The number of benzene rings is 1. The predicted molar refractivity (Wildman–Crippen MR) is 78.2 cm³/mol. The first-order valence-corrected chi connectivity index (χ1v) is 6.51. The van der Waals surface area contributed by atoms with Gasteiger partial charge in [-0.3, -0.25) is 4.57 Å². The Morgan fingerprint density at radius 2 is 2.05 bits per heavy atom. The van der Waals surface area contributed by atoms with Gasteiger partial charge in [0.05, 0.1) is 12.8 Å². The van der Waals surface area contributed by atoms with Crippen molar-refractivity contribution in [1.29, 1.82) is 0 Å². The lowest BCUT2D eigenvalue weighted by Gasteiger charge is -2.12. The summed E-state index contributed by atoms with van der Waals surface area (Å²) in [7, 11) is 1.66. The number of hydrogen-bond donors (Lipinski definition) is 1. The van der Waals surface area contributed by atoms with E-state index in [1.165, 1.54) is 0 Å². The zero-order valence-electron chi connectivity index (χ0n) is 11.3. The molecule has 2 aromatic heterocycles. The van der Waals surface area contributed by atoms with Crippen molar-refractivity contribution in [2.24, 2.45) is 5.73 Å². The van der Waals surface area contributed by atoms with Crippen LogP contribution in [0.25, 0.3) is 16.9 Å². The molecular formula is C15H16N4O. The highest BCUT2D eigenvalue weighted by Gasteiger charge is 2.15. The van der Waals surface area contributed by atoms with Crippen molar-refractivity contribution >= 4 is 11.2 Å². The summed E-state index contributed by atoms with van der Waals surface area (Å²) in [6, 6.07) is 11.7. The van der Waals surface area contributed by atoms with E-state index >= 15 is 0 Å². The van der Waals surface area contributed by atoms with Crippen LogP contribution < -0.4 is 10.5 Å². The van der Waals surface area contributed by atoms with Crippen LogP contribution in [0, 0.1) is 0 Å². The Bertz CT molecular complexity index is 736.